The zero-order valence-corrected chi connectivity index (χ0v) is 9.82. The van der Waals surface area contributed by atoms with Crippen LogP contribution in [0.3, 0.4) is 0 Å². The van der Waals surface area contributed by atoms with Crippen LogP contribution in [0.25, 0.3) is 0 Å². The highest BCUT2D eigenvalue weighted by Gasteiger charge is 2.15. The van der Waals surface area contributed by atoms with Crippen molar-refractivity contribution in [3.8, 4) is 0 Å². The molecule has 0 aliphatic carbocycles. The predicted octanol–water partition coefficient (Wildman–Crippen LogP) is 1.43. The van der Waals surface area contributed by atoms with Gasteiger partial charge in [0.15, 0.2) is 0 Å². The van der Waals surface area contributed by atoms with E-state index in [1.807, 2.05) is 12.1 Å². The number of carbonyl (C=O) groups is 1. The maximum atomic E-state index is 11.9. The molecule has 0 bridgehead atoms. The highest BCUT2D eigenvalue weighted by molar-refractivity contribution is 5.99. The van der Waals surface area contributed by atoms with Crippen LogP contribution in [0.15, 0.2) is 24.3 Å². The van der Waals surface area contributed by atoms with Crippen molar-refractivity contribution in [2.75, 3.05) is 25.5 Å². The summed E-state index contributed by atoms with van der Waals surface area (Å²) in [6, 6.07) is 7.11. The van der Waals surface area contributed by atoms with E-state index in [2.05, 4.69) is 5.32 Å². The molecule has 2 rings (SSSR count). The van der Waals surface area contributed by atoms with E-state index in [9.17, 15) is 4.79 Å². The fourth-order valence-electron chi connectivity index (χ4n) is 2.00. The van der Waals surface area contributed by atoms with Crippen LogP contribution in [0.2, 0.25) is 0 Å². The Bertz CT molecular complexity index is 387. The predicted molar refractivity (Wildman–Crippen MR) is 66.7 cm³/mol. The molecule has 1 aliphatic heterocycles. The van der Waals surface area contributed by atoms with E-state index in [4.69, 9.17) is 10.5 Å². The number of benzene rings is 1. The van der Waals surface area contributed by atoms with E-state index in [0.29, 0.717) is 23.7 Å². The van der Waals surface area contributed by atoms with E-state index in [1.165, 1.54) is 0 Å². The molecule has 1 amide bonds. The number of para-hydroxylation sites is 1. The maximum absolute atomic E-state index is 11.9. The normalized spacial score (nSPS) is 19.9. The first-order chi connectivity index (χ1) is 8.27. The largest absolute Gasteiger partial charge is 0.398 e. The molecule has 92 valence electrons. The monoisotopic (exact) mass is 234 g/mol. The molecule has 1 atom stereocenters. The molecule has 4 nitrogen and oxygen atoms in total. The van der Waals surface area contributed by atoms with Gasteiger partial charge in [-0.25, -0.2) is 0 Å². The molecule has 0 saturated carbocycles. The number of nitrogens with one attached hydrogen (secondary N) is 1. The summed E-state index contributed by atoms with van der Waals surface area (Å²) in [6.07, 6.45) is 2.19. The van der Waals surface area contributed by atoms with E-state index >= 15 is 0 Å². The molecule has 1 unspecified atom stereocenters. The maximum Gasteiger partial charge on any atom is 0.253 e. The summed E-state index contributed by atoms with van der Waals surface area (Å²) in [5.41, 5.74) is 6.81. The summed E-state index contributed by atoms with van der Waals surface area (Å²) in [4.78, 5) is 11.9. The lowest BCUT2D eigenvalue weighted by Crippen LogP contribution is -2.33. The minimum Gasteiger partial charge on any atom is -0.398 e. The molecule has 0 spiro atoms. The number of amides is 1. The molecule has 1 aliphatic rings. The first-order valence-corrected chi connectivity index (χ1v) is 5.98. The highest BCUT2D eigenvalue weighted by atomic mass is 16.5. The van der Waals surface area contributed by atoms with Crippen molar-refractivity contribution in [1.29, 1.82) is 0 Å². The molecular weight excluding hydrogens is 216 g/mol. The van der Waals surface area contributed by atoms with Crippen molar-refractivity contribution in [3.05, 3.63) is 29.8 Å². The second-order valence-electron chi connectivity index (χ2n) is 4.38. The Kier molecular flexibility index (Phi) is 3.98. The first kappa shape index (κ1) is 11.9. The lowest BCUT2D eigenvalue weighted by Gasteiger charge is -2.22. The van der Waals surface area contributed by atoms with Crippen molar-refractivity contribution in [2.45, 2.75) is 12.8 Å². The van der Waals surface area contributed by atoms with Crippen LogP contribution in [0.1, 0.15) is 23.2 Å². The van der Waals surface area contributed by atoms with Crippen LogP contribution in [0.5, 0.6) is 0 Å². The first-order valence-electron chi connectivity index (χ1n) is 5.98. The van der Waals surface area contributed by atoms with Gasteiger partial charge in [-0.05, 0) is 30.9 Å². The lowest BCUT2D eigenvalue weighted by atomic mass is 10.0. The number of ether oxygens (including phenoxy) is 1. The van der Waals surface area contributed by atoms with Crippen LogP contribution >= 0.6 is 0 Å². The zero-order valence-electron chi connectivity index (χ0n) is 9.82. The van der Waals surface area contributed by atoms with Crippen LogP contribution in [0.4, 0.5) is 5.69 Å². The van der Waals surface area contributed by atoms with Gasteiger partial charge in [-0.15, -0.1) is 0 Å². The Morgan fingerprint density at radius 1 is 1.47 bits per heavy atom. The van der Waals surface area contributed by atoms with Gasteiger partial charge < -0.3 is 15.8 Å². The van der Waals surface area contributed by atoms with Gasteiger partial charge in [-0.1, -0.05) is 12.1 Å². The van der Waals surface area contributed by atoms with Crippen molar-refractivity contribution in [2.24, 2.45) is 5.92 Å². The molecule has 4 heteroatoms. The molecule has 1 aromatic carbocycles. The highest BCUT2D eigenvalue weighted by Crippen LogP contribution is 2.13. The van der Waals surface area contributed by atoms with Crippen LogP contribution < -0.4 is 11.1 Å². The summed E-state index contributed by atoms with van der Waals surface area (Å²) in [6.45, 7) is 2.24. The molecule has 1 fully saturated rings. The van der Waals surface area contributed by atoms with Crippen LogP contribution in [-0.4, -0.2) is 25.7 Å². The number of rotatable bonds is 3. The molecule has 0 aromatic heterocycles. The van der Waals surface area contributed by atoms with Gasteiger partial charge in [0.05, 0.1) is 12.2 Å². The average molecular weight is 234 g/mol. The summed E-state index contributed by atoms with van der Waals surface area (Å²) in [5.74, 6) is 0.325. The number of carbonyl (C=O) groups excluding carboxylic acids is 1. The fourth-order valence-corrected chi connectivity index (χ4v) is 2.00. The van der Waals surface area contributed by atoms with Crippen LogP contribution in [-0.2, 0) is 4.74 Å². The van der Waals surface area contributed by atoms with E-state index in [0.717, 1.165) is 26.1 Å². The quantitative estimate of drug-likeness (QED) is 0.777. The molecule has 1 saturated heterocycles. The van der Waals surface area contributed by atoms with E-state index < -0.39 is 0 Å². The third-order valence-electron chi connectivity index (χ3n) is 3.01. The summed E-state index contributed by atoms with van der Waals surface area (Å²) >= 11 is 0. The van der Waals surface area contributed by atoms with E-state index in [1.54, 1.807) is 12.1 Å². The van der Waals surface area contributed by atoms with Gasteiger partial charge >= 0.3 is 0 Å². The Morgan fingerprint density at radius 3 is 3.00 bits per heavy atom. The zero-order chi connectivity index (χ0) is 12.1. The van der Waals surface area contributed by atoms with E-state index in [-0.39, 0.29) is 5.91 Å². The van der Waals surface area contributed by atoms with Gasteiger partial charge in [-0.2, -0.15) is 0 Å². The molecular formula is C13H18N2O2. The Hall–Kier alpha value is -1.55. The summed E-state index contributed by atoms with van der Waals surface area (Å²) in [7, 11) is 0. The van der Waals surface area contributed by atoms with Gasteiger partial charge in [0.1, 0.15) is 0 Å². The minimum absolute atomic E-state index is 0.103. The Morgan fingerprint density at radius 2 is 2.29 bits per heavy atom. The van der Waals surface area contributed by atoms with Gasteiger partial charge in [0, 0.05) is 18.8 Å². The second kappa shape index (κ2) is 5.68. The standard InChI is InChI=1S/C13H18N2O2/c14-12-6-2-1-5-11(12)13(16)15-8-10-4-3-7-17-9-10/h1-2,5-6,10H,3-4,7-9,14H2,(H,15,16). The summed E-state index contributed by atoms with van der Waals surface area (Å²) in [5, 5.41) is 2.91. The number of anilines is 1. The fraction of sp³-hybridized carbons (Fsp3) is 0.462. The molecule has 0 radical (unpaired) electrons. The molecule has 17 heavy (non-hydrogen) atoms. The Balaban J connectivity index is 1.87. The van der Waals surface area contributed by atoms with Gasteiger partial charge in [-0.3, -0.25) is 4.79 Å². The lowest BCUT2D eigenvalue weighted by molar-refractivity contribution is 0.0536. The van der Waals surface area contributed by atoms with Crippen LogP contribution in [0, 0.1) is 5.92 Å². The Labute approximate surface area is 101 Å². The molecule has 3 N–H and O–H groups in total. The number of hydrogen-bond acceptors (Lipinski definition) is 3. The second-order valence-corrected chi connectivity index (χ2v) is 4.38. The third-order valence-corrected chi connectivity index (χ3v) is 3.01. The topological polar surface area (TPSA) is 64.4 Å². The average Bonchev–Trinajstić information content (AvgIpc) is 2.38. The number of nitrogen functional groups attached to an aromatic ring is 1. The van der Waals surface area contributed by atoms with Gasteiger partial charge in [0.2, 0.25) is 0 Å². The number of nitrogens with two attached hydrogens (primary N) is 1. The number of hydrogen-bond donors (Lipinski definition) is 2. The smallest absolute Gasteiger partial charge is 0.253 e. The molecule has 1 aromatic rings. The molecule has 1 heterocycles. The SMILES string of the molecule is Nc1ccccc1C(=O)NCC1CCCOC1. The van der Waals surface area contributed by atoms with Gasteiger partial charge in [0.25, 0.3) is 5.91 Å². The van der Waals surface area contributed by atoms with Crippen molar-refractivity contribution >= 4 is 11.6 Å². The third kappa shape index (κ3) is 3.20. The van der Waals surface area contributed by atoms with Crippen molar-refractivity contribution < 1.29 is 9.53 Å². The van der Waals surface area contributed by atoms with Crippen molar-refractivity contribution in [3.63, 3.8) is 0 Å². The summed E-state index contributed by atoms with van der Waals surface area (Å²) < 4.78 is 5.37. The van der Waals surface area contributed by atoms with Crippen molar-refractivity contribution in [1.82, 2.24) is 5.32 Å². The minimum atomic E-state index is -0.103.